The van der Waals surface area contributed by atoms with Crippen LogP contribution in [0, 0.1) is 14.9 Å². The maximum absolute atomic E-state index is 9.82. The molecule has 2 aromatic heterocycles. The molecule has 0 aliphatic carbocycles. The van der Waals surface area contributed by atoms with Crippen molar-refractivity contribution < 1.29 is 0 Å². The van der Waals surface area contributed by atoms with Gasteiger partial charge in [-0.15, -0.1) is 0 Å². The third kappa shape index (κ3) is 3.51. The maximum atomic E-state index is 9.82. The Balaban J connectivity index is 1.59. The molecule has 0 amide bonds. The first-order chi connectivity index (χ1) is 14.7. The molecule has 5 rings (SSSR count). The number of aromatic amines is 1. The minimum absolute atomic E-state index is 0.517. The molecule has 0 atom stereocenters. The number of halogens is 1. The smallest absolute Gasteiger partial charge is 0.149 e. The first-order valence-electron chi connectivity index (χ1n) is 9.60. The van der Waals surface area contributed by atoms with Gasteiger partial charge in [0.15, 0.2) is 0 Å². The maximum Gasteiger partial charge on any atom is 0.149 e. The van der Waals surface area contributed by atoms with Gasteiger partial charge in [0, 0.05) is 32.8 Å². The lowest BCUT2D eigenvalue weighted by molar-refractivity contribution is 0.836. The predicted octanol–water partition coefficient (Wildman–Crippen LogP) is 6.23. The van der Waals surface area contributed by atoms with Crippen LogP contribution >= 0.6 is 22.6 Å². The van der Waals surface area contributed by atoms with Gasteiger partial charge in [0.1, 0.15) is 11.9 Å². The zero-order chi connectivity index (χ0) is 20.5. The van der Waals surface area contributed by atoms with Crippen LogP contribution in [0.1, 0.15) is 17.0 Å². The van der Waals surface area contributed by atoms with Crippen molar-refractivity contribution in [2.24, 2.45) is 0 Å². The minimum atomic E-state index is 0.517. The fourth-order valence-electron chi connectivity index (χ4n) is 3.70. The Hall–Kier alpha value is -3.37. The van der Waals surface area contributed by atoms with E-state index < -0.39 is 0 Å². The molecule has 0 saturated carbocycles. The third-order valence-electron chi connectivity index (χ3n) is 5.15. The van der Waals surface area contributed by atoms with Gasteiger partial charge in [-0.3, -0.25) is 0 Å². The lowest BCUT2D eigenvalue weighted by atomic mass is 10.1. The van der Waals surface area contributed by atoms with Gasteiger partial charge in [-0.25, -0.2) is 4.98 Å². The molecule has 0 aliphatic rings. The van der Waals surface area contributed by atoms with Gasteiger partial charge in [0.25, 0.3) is 0 Å². The predicted molar refractivity (Wildman–Crippen MR) is 130 cm³/mol. The molecule has 1 N–H and O–H groups in total. The number of para-hydroxylation sites is 3. The standard InChI is InChI=1S/C25H17IN4/c26-20-11-9-17(10-12-20)15-30-16-19(21-5-1-4-8-24(21)30)13-18(14-27)25-28-22-6-2-3-7-23(22)29-25/h1-13,16H,15H2,(H,28,29)/b18-13+. The number of nitrogens with zero attached hydrogens (tertiary/aromatic N) is 3. The first kappa shape index (κ1) is 18.6. The average molecular weight is 500 g/mol. The topological polar surface area (TPSA) is 57.4 Å². The largest absolute Gasteiger partial charge is 0.342 e. The summed E-state index contributed by atoms with van der Waals surface area (Å²) in [4.78, 5) is 7.85. The summed E-state index contributed by atoms with van der Waals surface area (Å²) in [5, 5.41) is 10.9. The van der Waals surface area contributed by atoms with Crippen LogP contribution in [-0.4, -0.2) is 14.5 Å². The Bertz CT molecular complexity index is 1400. The number of aromatic nitrogens is 3. The van der Waals surface area contributed by atoms with Crippen LogP contribution in [0.25, 0.3) is 33.6 Å². The highest BCUT2D eigenvalue weighted by atomic mass is 127. The molecule has 30 heavy (non-hydrogen) atoms. The van der Waals surface area contributed by atoms with Crippen molar-refractivity contribution in [3.05, 3.63) is 99.5 Å². The van der Waals surface area contributed by atoms with E-state index in [4.69, 9.17) is 0 Å². The zero-order valence-electron chi connectivity index (χ0n) is 16.0. The second-order valence-corrected chi connectivity index (χ2v) is 8.37. The fourth-order valence-corrected chi connectivity index (χ4v) is 4.06. The van der Waals surface area contributed by atoms with Gasteiger partial charge >= 0.3 is 0 Å². The van der Waals surface area contributed by atoms with Crippen molar-refractivity contribution in [3.8, 4) is 6.07 Å². The molecule has 0 radical (unpaired) electrons. The van der Waals surface area contributed by atoms with Crippen molar-refractivity contribution >= 4 is 56.2 Å². The number of hydrogen-bond donors (Lipinski definition) is 1. The number of hydrogen-bond acceptors (Lipinski definition) is 2. The van der Waals surface area contributed by atoms with Crippen LogP contribution in [0.5, 0.6) is 0 Å². The summed E-state index contributed by atoms with van der Waals surface area (Å²) >= 11 is 2.32. The summed E-state index contributed by atoms with van der Waals surface area (Å²) in [6.45, 7) is 0.776. The number of allylic oxidation sites excluding steroid dienone is 1. The summed E-state index contributed by atoms with van der Waals surface area (Å²) in [5.74, 6) is 0.591. The third-order valence-corrected chi connectivity index (χ3v) is 5.87. The molecular formula is C25H17IN4. The molecule has 0 aliphatic heterocycles. The number of H-pyrrole nitrogens is 1. The Morgan fingerprint density at radius 1 is 1.03 bits per heavy atom. The van der Waals surface area contributed by atoms with E-state index in [9.17, 15) is 5.26 Å². The molecule has 0 saturated heterocycles. The van der Waals surface area contributed by atoms with Gasteiger partial charge < -0.3 is 9.55 Å². The van der Waals surface area contributed by atoms with Crippen LogP contribution < -0.4 is 0 Å². The fraction of sp³-hybridized carbons (Fsp3) is 0.0400. The quantitative estimate of drug-likeness (QED) is 0.235. The van der Waals surface area contributed by atoms with Crippen molar-refractivity contribution in [1.29, 1.82) is 5.26 Å². The number of rotatable bonds is 4. The summed E-state index contributed by atoms with van der Waals surface area (Å²) in [5.41, 5.74) is 5.69. The van der Waals surface area contributed by atoms with Crippen LogP contribution in [0.3, 0.4) is 0 Å². The SMILES string of the molecule is N#C/C(=C\c1cn(Cc2ccc(I)cc2)c2ccccc12)c1nc2ccccc2[nH]1. The van der Waals surface area contributed by atoms with E-state index in [0.29, 0.717) is 11.4 Å². The van der Waals surface area contributed by atoms with E-state index in [1.54, 1.807) is 0 Å². The molecule has 5 aromatic rings. The normalized spacial score (nSPS) is 11.8. The molecule has 4 nitrogen and oxygen atoms in total. The van der Waals surface area contributed by atoms with E-state index in [1.165, 1.54) is 9.13 Å². The molecule has 3 aromatic carbocycles. The van der Waals surface area contributed by atoms with E-state index in [1.807, 2.05) is 42.5 Å². The van der Waals surface area contributed by atoms with Crippen molar-refractivity contribution in [3.63, 3.8) is 0 Å². The van der Waals surface area contributed by atoms with Crippen LogP contribution in [-0.2, 0) is 6.54 Å². The molecular weight excluding hydrogens is 483 g/mol. The summed E-state index contributed by atoms with van der Waals surface area (Å²) in [6, 6.07) is 27.0. The lowest BCUT2D eigenvalue weighted by Crippen LogP contribution is -1.97. The number of imidazole rings is 1. The van der Waals surface area contributed by atoms with Crippen molar-refractivity contribution in [1.82, 2.24) is 14.5 Å². The number of benzene rings is 3. The highest BCUT2D eigenvalue weighted by Gasteiger charge is 2.11. The van der Waals surface area contributed by atoms with Crippen molar-refractivity contribution in [2.75, 3.05) is 0 Å². The molecule has 0 unspecified atom stereocenters. The Morgan fingerprint density at radius 2 is 1.80 bits per heavy atom. The summed E-state index contributed by atoms with van der Waals surface area (Å²) in [7, 11) is 0. The average Bonchev–Trinajstić information content (AvgIpc) is 3.35. The van der Waals surface area contributed by atoms with Crippen molar-refractivity contribution in [2.45, 2.75) is 6.54 Å². The monoisotopic (exact) mass is 500 g/mol. The zero-order valence-corrected chi connectivity index (χ0v) is 18.2. The van der Waals surface area contributed by atoms with E-state index in [-0.39, 0.29) is 0 Å². The van der Waals surface area contributed by atoms with E-state index in [0.717, 1.165) is 34.0 Å². The van der Waals surface area contributed by atoms with Gasteiger partial charge in [-0.2, -0.15) is 5.26 Å². The van der Waals surface area contributed by atoms with Gasteiger partial charge in [-0.1, -0.05) is 42.5 Å². The molecule has 0 bridgehead atoms. The molecule has 2 heterocycles. The number of nitrogens with one attached hydrogen (secondary N) is 1. The van der Waals surface area contributed by atoms with Crippen LogP contribution in [0.15, 0.2) is 79.0 Å². The Kier molecular flexibility index (Phi) is 4.85. The van der Waals surface area contributed by atoms with Gasteiger partial charge in [0.2, 0.25) is 0 Å². The number of nitriles is 1. The van der Waals surface area contributed by atoms with E-state index in [2.05, 4.69) is 85.8 Å². The molecule has 144 valence electrons. The Morgan fingerprint density at radius 3 is 2.60 bits per heavy atom. The van der Waals surface area contributed by atoms with Crippen LogP contribution in [0.4, 0.5) is 0 Å². The van der Waals surface area contributed by atoms with Crippen LogP contribution in [0.2, 0.25) is 0 Å². The molecule has 0 fully saturated rings. The minimum Gasteiger partial charge on any atom is -0.342 e. The highest BCUT2D eigenvalue weighted by molar-refractivity contribution is 14.1. The van der Waals surface area contributed by atoms with E-state index >= 15 is 0 Å². The van der Waals surface area contributed by atoms with Gasteiger partial charge in [0.05, 0.1) is 16.6 Å². The number of fused-ring (bicyclic) bond motifs is 2. The summed E-state index contributed by atoms with van der Waals surface area (Å²) in [6.07, 6.45) is 4.03. The highest BCUT2D eigenvalue weighted by Crippen LogP contribution is 2.27. The molecule has 5 heteroatoms. The second-order valence-electron chi connectivity index (χ2n) is 7.13. The summed E-state index contributed by atoms with van der Waals surface area (Å²) < 4.78 is 3.46. The lowest BCUT2D eigenvalue weighted by Gasteiger charge is -2.05. The van der Waals surface area contributed by atoms with Gasteiger partial charge in [-0.05, 0) is 64.6 Å². The second kappa shape index (κ2) is 7.81. The molecule has 0 spiro atoms. The Labute approximate surface area is 187 Å². The first-order valence-corrected chi connectivity index (χ1v) is 10.7.